The third kappa shape index (κ3) is 2.10. The SMILES string of the molecule is CC(=O)c1ccc2nc(CC(C)C)nn2c1. The van der Waals surface area contributed by atoms with Crippen molar-refractivity contribution in [1.82, 2.24) is 14.6 Å². The molecule has 16 heavy (non-hydrogen) atoms. The first-order chi connectivity index (χ1) is 7.56. The molecule has 0 aliphatic rings. The second-order valence-corrected chi connectivity index (χ2v) is 4.40. The largest absolute Gasteiger partial charge is 0.294 e. The number of aromatic nitrogens is 3. The Balaban J connectivity index is 2.42. The minimum Gasteiger partial charge on any atom is -0.294 e. The van der Waals surface area contributed by atoms with Gasteiger partial charge >= 0.3 is 0 Å². The number of nitrogens with zero attached hydrogens (tertiary/aromatic N) is 3. The third-order valence-corrected chi connectivity index (χ3v) is 2.37. The van der Waals surface area contributed by atoms with Crippen molar-refractivity contribution in [3.8, 4) is 0 Å². The number of ketones is 1. The van der Waals surface area contributed by atoms with Crippen LogP contribution in [0.5, 0.6) is 0 Å². The molecule has 4 nitrogen and oxygen atoms in total. The van der Waals surface area contributed by atoms with E-state index in [0.717, 1.165) is 17.9 Å². The summed E-state index contributed by atoms with van der Waals surface area (Å²) in [4.78, 5) is 15.6. The van der Waals surface area contributed by atoms with Gasteiger partial charge in [-0.05, 0) is 25.0 Å². The summed E-state index contributed by atoms with van der Waals surface area (Å²) in [6, 6.07) is 3.61. The predicted molar refractivity (Wildman–Crippen MR) is 61.5 cm³/mol. The highest BCUT2D eigenvalue weighted by molar-refractivity contribution is 5.93. The number of Topliss-reactive ketones (excluding diaryl/α,β-unsaturated/α-hetero) is 1. The molecule has 0 atom stereocenters. The first-order valence-electron chi connectivity index (χ1n) is 5.42. The van der Waals surface area contributed by atoms with Gasteiger partial charge < -0.3 is 0 Å². The quantitative estimate of drug-likeness (QED) is 0.740. The smallest absolute Gasteiger partial charge is 0.161 e. The number of rotatable bonds is 3. The highest BCUT2D eigenvalue weighted by Gasteiger charge is 2.07. The van der Waals surface area contributed by atoms with Crippen molar-refractivity contribution in [3.05, 3.63) is 29.7 Å². The van der Waals surface area contributed by atoms with Crippen LogP contribution in [0.1, 0.15) is 37.0 Å². The Morgan fingerprint density at radius 3 is 2.81 bits per heavy atom. The van der Waals surface area contributed by atoms with Crippen molar-refractivity contribution < 1.29 is 4.79 Å². The maximum Gasteiger partial charge on any atom is 0.161 e. The maximum atomic E-state index is 11.2. The third-order valence-electron chi connectivity index (χ3n) is 2.37. The van der Waals surface area contributed by atoms with Crippen LogP contribution in [0, 0.1) is 5.92 Å². The molecule has 2 heterocycles. The zero-order chi connectivity index (χ0) is 11.7. The molecule has 0 fully saturated rings. The fourth-order valence-electron chi connectivity index (χ4n) is 1.59. The number of fused-ring (bicyclic) bond motifs is 1. The summed E-state index contributed by atoms with van der Waals surface area (Å²) >= 11 is 0. The molecule has 0 unspecified atom stereocenters. The summed E-state index contributed by atoms with van der Waals surface area (Å²) in [5, 5.41) is 4.35. The average molecular weight is 217 g/mol. The lowest BCUT2D eigenvalue weighted by molar-refractivity contribution is 0.101. The van der Waals surface area contributed by atoms with Crippen molar-refractivity contribution in [2.75, 3.05) is 0 Å². The van der Waals surface area contributed by atoms with Crippen LogP contribution in [-0.4, -0.2) is 20.4 Å². The van der Waals surface area contributed by atoms with Crippen LogP contribution >= 0.6 is 0 Å². The number of pyridine rings is 1. The molecule has 0 bridgehead atoms. The normalized spacial score (nSPS) is 11.2. The Morgan fingerprint density at radius 1 is 1.44 bits per heavy atom. The Morgan fingerprint density at radius 2 is 2.19 bits per heavy atom. The van der Waals surface area contributed by atoms with Crippen LogP contribution in [-0.2, 0) is 6.42 Å². The Hall–Kier alpha value is -1.71. The summed E-state index contributed by atoms with van der Waals surface area (Å²) in [6.07, 6.45) is 2.59. The van der Waals surface area contributed by atoms with E-state index in [1.165, 1.54) is 0 Å². The van der Waals surface area contributed by atoms with E-state index in [2.05, 4.69) is 23.9 Å². The Bertz CT molecular complexity index is 528. The van der Waals surface area contributed by atoms with Gasteiger partial charge in [-0.25, -0.2) is 9.50 Å². The molecular formula is C12H15N3O. The van der Waals surface area contributed by atoms with Gasteiger partial charge in [-0.1, -0.05) is 13.8 Å². The summed E-state index contributed by atoms with van der Waals surface area (Å²) in [6.45, 7) is 5.81. The maximum absolute atomic E-state index is 11.2. The van der Waals surface area contributed by atoms with E-state index >= 15 is 0 Å². The van der Waals surface area contributed by atoms with Gasteiger partial charge in [-0.3, -0.25) is 4.79 Å². The van der Waals surface area contributed by atoms with E-state index in [-0.39, 0.29) is 5.78 Å². The molecule has 2 aromatic rings. The minimum absolute atomic E-state index is 0.0443. The molecule has 4 heteroatoms. The minimum atomic E-state index is 0.0443. The second-order valence-electron chi connectivity index (χ2n) is 4.40. The fourth-order valence-corrected chi connectivity index (χ4v) is 1.59. The van der Waals surface area contributed by atoms with Gasteiger partial charge in [0.05, 0.1) is 0 Å². The van der Waals surface area contributed by atoms with Crippen molar-refractivity contribution >= 4 is 11.4 Å². The van der Waals surface area contributed by atoms with E-state index in [1.807, 2.05) is 6.07 Å². The van der Waals surface area contributed by atoms with E-state index < -0.39 is 0 Å². The molecule has 0 saturated carbocycles. The first-order valence-corrected chi connectivity index (χ1v) is 5.42. The standard InChI is InChI=1S/C12H15N3O/c1-8(2)6-11-13-12-5-4-10(9(3)16)7-15(12)14-11/h4-5,7-8H,6H2,1-3H3. The van der Waals surface area contributed by atoms with Crippen molar-refractivity contribution in [1.29, 1.82) is 0 Å². The second kappa shape index (κ2) is 4.04. The van der Waals surface area contributed by atoms with Crippen LogP contribution in [0.2, 0.25) is 0 Å². The molecule has 0 N–H and O–H groups in total. The van der Waals surface area contributed by atoms with Crippen molar-refractivity contribution in [3.63, 3.8) is 0 Å². The Labute approximate surface area is 94.3 Å². The number of carbonyl (C=O) groups is 1. The van der Waals surface area contributed by atoms with Gasteiger partial charge in [0, 0.05) is 18.2 Å². The zero-order valence-corrected chi connectivity index (χ0v) is 9.77. The van der Waals surface area contributed by atoms with Gasteiger partial charge in [0.15, 0.2) is 17.3 Å². The van der Waals surface area contributed by atoms with Crippen LogP contribution in [0.3, 0.4) is 0 Å². The molecule has 84 valence electrons. The molecule has 0 aliphatic carbocycles. The summed E-state index contributed by atoms with van der Waals surface area (Å²) < 4.78 is 1.68. The first kappa shape index (κ1) is 10.8. The molecule has 0 radical (unpaired) electrons. The van der Waals surface area contributed by atoms with Crippen molar-refractivity contribution in [2.24, 2.45) is 5.92 Å². The van der Waals surface area contributed by atoms with E-state index in [0.29, 0.717) is 11.5 Å². The zero-order valence-electron chi connectivity index (χ0n) is 9.77. The van der Waals surface area contributed by atoms with Gasteiger partial charge in [0.2, 0.25) is 0 Å². The number of hydrogen-bond donors (Lipinski definition) is 0. The van der Waals surface area contributed by atoms with Crippen LogP contribution in [0.15, 0.2) is 18.3 Å². The average Bonchev–Trinajstić information content (AvgIpc) is 2.56. The molecule has 0 spiro atoms. The summed E-state index contributed by atoms with van der Waals surface area (Å²) in [5.74, 6) is 1.41. The van der Waals surface area contributed by atoms with Crippen LogP contribution in [0.4, 0.5) is 0 Å². The summed E-state index contributed by atoms with van der Waals surface area (Å²) in [7, 11) is 0. The number of hydrogen-bond acceptors (Lipinski definition) is 3. The van der Waals surface area contributed by atoms with E-state index in [9.17, 15) is 4.79 Å². The topological polar surface area (TPSA) is 47.3 Å². The van der Waals surface area contributed by atoms with Gasteiger partial charge in [0.1, 0.15) is 0 Å². The lowest BCUT2D eigenvalue weighted by Gasteiger charge is -1.96. The lowest BCUT2D eigenvalue weighted by atomic mass is 10.1. The molecule has 0 saturated heterocycles. The van der Waals surface area contributed by atoms with Gasteiger partial charge in [0.25, 0.3) is 0 Å². The summed E-state index contributed by atoms with van der Waals surface area (Å²) in [5.41, 5.74) is 1.45. The van der Waals surface area contributed by atoms with Gasteiger partial charge in [-0.2, -0.15) is 5.10 Å². The molecular weight excluding hydrogens is 202 g/mol. The highest BCUT2D eigenvalue weighted by Crippen LogP contribution is 2.08. The highest BCUT2D eigenvalue weighted by atomic mass is 16.1. The van der Waals surface area contributed by atoms with Crippen LogP contribution in [0.25, 0.3) is 5.65 Å². The predicted octanol–water partition coefficient (Wildman–Crippen LogP) is 2.13. The Kier molecular flexibility index (Phi) is 2.73. The molecule has 0 amide bonds. The molecule has 0 aliphatic heterocycles. The fraction of sp³-hybridized carbons (Fsp3) is 0.417. The monoisotopic (exact) mass is 217 g/mol. The van der Waals surface area contributed by atoms with Crippen molar-refractivity contribution in [2.45, 2.75) is 27.2 Å². The number of carbonyl (C=O) groups excluding carboxylic acids is 1. The van der Waals surface area contributed by atoms with Gasteiger partial charge in [-0.15, -0.1) is 0 Å². The molecule has 0 aromatic carbocycles. The van der Waals surface area contributed by atoms with E-state index in [1.54, 1.807) is 23.7 Å². The lowest BCUT2D eigenvalue weighted by Crippen LogP contribution is -1.98. The molecule has 2 rings (SSSR count). The molecule has 2 aromatic heterocycles. The van der Waals surface area contributed by atoms with E-state index in [4.69, 9.17) is 0 Å². The van der Waals surface area contributed by atoms with Crippen LogP contribution < -0.4 is 0 Å².